The van der Waals surface area contributed by atoms with Crippen molar-refractivity contribution in [3.8, 4) is 0 Å². The molecule has 102 valence electrons. The molecular formula is C13H22N2O3. The summed E-state index contributed by atoms with van der Waals surface area (Å²) < 4.78 is 5.29. The predicted octanol–water partition coefficient (Wildman–Crippen LogP) is 0.706. The number of nitrogens with zero attached hydrogens (tertiary/aromatic N) is 1. The van der Waals surface area contributed by atoms with Crippen LogP contribution in [0.1, 0.15) is 26.7 Å². The Hall–Kier alpha value is -1.36. The Labute approximate surface area is 108 Å². The molecule has 2 amide bonds. The molecule has 0 saturated carbocycles. The van der Waals surface area contributed by atoms with Crippen LogP contribution < -0.4 is 5.32 Å². The van der Waals surface area contributed by atoms with E-state index < -0.39 is 0 Å². The van der Waals surface area contributed by atoms with Gasteiger partial charge in [-0.25, -0.2) is 0 Å². The van der Waals surface area contributed by atoms with Crippen molar-refractivity contribution in [1.82, 2.24) is 10.2 Å². The van der Waals surface area contributed by atoms with Crippen LogP contribution in [0.25, 0.3) is 0 Å². The molecule has 1 heterocycles. The van der Waals surface area contributed by atoms with Gasteiger partial charge in [0.1, 0.15) is 6.04 Å². The van der Waals surface area contributed by atoms with E-state index in [2.05, 4.69) is 11.9 Å². The second kappa shape index (κ2) is 7.16. The monoisotopic (exact) mass is 254 g/mol. The fourth-order valence-corrected chi connectivity index (χ4v) is 2.03. The number of likely N-dealkylation sites (tertiary alicyclic amines) is 1. The molecule has 0 aromatic carbocycles. The summed E-state index contributed by atoms with van der Waals surface area (Å²) in [6.45, 7) is 9.24. The lowest BCUT2D eigenvalue weighted by Gasteiger charge is -2.22. The summed E-state index contributed by atoms with van der Waals surface area (Å²) in [5.74, 6) is -0.118. The molecule has 5 heteroatoms. The fraction of sp³-hybridized carbons (Fsp3) is 0.692. The van der Waals surface area contributed by atoms with Crippen LogP contribution in [0.4, 0.5) is 0 Å². The van der Waals surface area contributed by atoms with Crippen molar-refractivity contribution in [3.63, 3.8) is 0 Å². The van der Waals surface area contributed by atoms with E-state index >= 15 is 0 Å². The van der Waals surface area contributed by atoms with E-state index in [4.69, 9.17) is 4.74 Å². The maximum atomic E-state index is 11.9. The standard InChI is InChI=1S/C13H22N2O3/c1-10(2)9-18-8-6-14-13(17)12-5-4-7-15(12)11(3)16/h12H,1,4-9H2,2-3H3,(H,14,17)/t12-/m0/s1. The van der Waals surface area contributed by atoms with Gasteiger partial charge in [0.2, 0.25) is 11.8 Å². The second-order valence-corrected chi connectivity index (χ2v) is 4.67. The van der Waals surface area contributed by atoms with Crippen LogP contribution in [0.15, 0.2) is 12.2 Å². The SMILES string of the molecule is C=C(C)COCCNC(=O)[C@@H]1CCCN1C(C)=O. The molecule has 1 atom stereocenters. The molecule has 1 aliphatic heterocycles. The second-order valence-electron chi connectivity index (χ2n) is 4.67. The minimum absolute atomic E-state index is 0.0359. The zero-order chi connectivity index (χ0) is 13.5. The Kier molecular flexibility index (Phi) is 5.85. The molecule has 0 unspecified atom stereocenters. The van der Waals surface area contributed by atoms with E-state index in [0.29, 0.717) is 26.3 Å². The lowest BCUT2D eigenvalue weighted by atomic mass is 10.2. The van der Waals surface area contributed by atoms with Crippen molar-refractivity contribution >= 4 is 11.8 Å². The first-order chi connectivity index (χ1) is 8.52. The first-order valence-electron chi connectivity index (χ1n) is 6.29. The van der Waals surface area contributed by atoms with Gasteiger partial charge in [-0.1, -0.05) is 12.2 Å². The Morgan fingerprint density at radius 1 is 1.44 bits per heavy atom. The first kappa shape index (κ1) is 14.7. The first-order valence-corrected chi connectivity index (χ1v) is 6.29. The maximum Gasteiger partial charge on any atom is 0.242 e. The molecule has 5 nitrogen and oxygen atoms in total. The molecule has 0 aliphatic carbocycles. The number of hydrogen-bond acceptors (Lipinski definition) is 3. The van der Waals surface area contributed by atoms with Gasteiger partial charge in [0, 0.05) is 20.0 Å². The number of nitrogens with one attached hydrogen (secondary N) is 1. The van der Waals surface area contributed by atoms with E-state index in [1.807, 2.05) is 6.92 Å². The largest absolute Gasteiger partial charge is 0.375 e. The number of ether oxygens (including phenoxy) is 1. The Morgan fingerprint density at radius 2 is 2.17 bits per heavy atom. The summed E-state index contributed by atoms with van der Waals surface area (Å²) in [7, 11) is 0. The Bertz CT molecular complexity index is 328. The third kappa shape index (κ3) is 4.49. The van der Waals surface area contributed by atoms with Crippen molar-refractivity contribution in [2.24, 2.45) is 0 Å². The average Bonchev–Trinajstić information content (AvgIpc) is 2.76. The Morgan fingerprint density at radius 3 is 2.78 bits per heavy atom. The van der Waals surface area contributed by atoms with Gasteiger partial charge >= 0.3 is 0 Å². The van der Waals surface area contributed by atoms with Crippen LogP contribution >= 0.6 is 0 Å². The maximum absolute atomic E-state index is 11.9. The van der Waals surface area contributed by atoms with Gasteiger partial charge < -0.3 is 15.0 Å². The molecule has 1 saturated heterocycles. The highest BCUT2D eigenvalue weighted by atomic mass is 16.5. The van der Waals surface area contributed by atoms with Gasteiger partial charge in [-0.05, 0) is 19.8 Å². The van der Waals surface area contributed by atoms with Crippen LogP contribution in [0.3, 0.4) is 0 Å². The average molecular weight is 254 g/mol. The molecule has 18 heavy (non-hydrogen) atoms. The normalized spacial score (nSPS) is 18.8. The molecule has 1 fully saturated rings. The number of rotatable bonds is 6. The molecule has 0 radical (unpaired) electrons. The lowest BCUT2D eigenvalue weighted by Crippen LogP contribution is -2.45. The number of carbonyl (C=O) groups is 2. The van der Waals surface area contributed by atoms with Crippen molar-refractivity contribution < 1.29 is 14.3 Å². The highest BCUT2D eigenvalue weighted by molar-refractivity contribution is 5.87. The van der Waals surface area contributed by atoms with Crippen molar-refractivity contribution in [3.05, 3.63) is 12.2 Å². The molecule has 1 rings (SSSR count). The molecule has 1 N–H and O–H groups in total. The van der Waals surface area contributed by atoms with Crippen LogP contribution in [-0.2, 0) is 14.3 Å². The minimum Gasteiger partial charge on any atom is -0.375 e. The van der Waals surface area contributed by atoms with E-state index in [1.54, 1.807) is 4.90 Å². The van der Waals surface area contributed by atoms with Crippen LogP contribution in [0.5, 0.6) is 0 Å². The zero-order valence-electron chi connectivity index (χ0n) is 11.2. The van der Waals surface area contributed by atoms with E-state index in [-0.39, 0.29) is 17.9 Å². The number of amides is 2. The fourth-order valence-electron chi connectivity index (χ4n) is 2.03. The number of carbonyl (C=O) groups excluding carboxylic acids is 2. The zero-order valence-corrected chi connectivity index (χ0v) is 11.2. The van der Waals surface area contributed by atoms with Crippen LogP contribution in [-0.4, -0.2) is 49.1 Å². The van der Waals surface area contributed by atoms with Crippen LogP contribution in [0, 0.1) is 0 Å². The van der Waals surface area contributed by atoms with Gasteiger partial charge in [0.05, 0.1) is 13.2 Å². The van der Waals surface area contributed by atoms with Crippen molar-refractivity contribution in [2.45, 2.75) is 32.7 Å². The van der Waals surface area contributed by atoms with Gasteiger partial charge in [-0.3, -0.25) is 9.59 Å². The predicted molar refractivity (Wildman–Crippen MR) is 69.1 cm³/mol. The summed E-state index contributed by atoms with van der Waals surface area (Å²) in [6, 6.07) is -0.302. The highest BCUT2D eigenvalue weighted by Gasteiger charge is 2.31. The smallest absolute Gasteiger partial charge is 0.242 e. The summed E-state index contributed by atoms with van der Waals surface area (Å²) in [5, 5.41) is 2.80. The van der Waals surface area contributed by atoms with Crippen molar-refractivity contribution in [2.75, 3.05) is 26.3 Å². The van der Waals surface area contributed by atoms with Gasteiger partial charge in [0.25, 0.3) is 0 Å². The summed E-state index contributed by atoms with van der Waals surface area (Å²) in [5.41, 5.74) is 0.958. The molecule has 0 aromatic rings. The van der Waals surface area contributed by atoms with Crippen molar-refractivity contribution in [1.29, 1.82) is 0 Å². The summed E-state index contributed by atoms with van der Waals surface area (Å²) in [4.78, 5) is 24.8. The topological polar surface area (TPSA) is 58.6 Å². The van der Waals surface area contributed by atoms with Gasteiger partial charge in [-0.2, -0.15) is 0 Å². The summed E-state index contributed by atoms with van der Waals surface area (Å²) >= 11 is 0. The molecule has 0 spiro atoms. The van der Waals surface area contributed by atoms with E-state index in [1.165, 1.54) is 6.92 Å². The number of hydrogen-bond donors (Lipinski definition) is 1. The summed E-state index contributed by atoms with van der Waals surface area (Å²) in [6.07, 6.45) is 1.64. The molecule has 1 aliphatic rings. The highest BCUT2D eigenvalue weighted by Crippen LogP contribution is 2.17. The molecule has 0 bridgehead atoms. The third-order valence-electron chi connectivity index (χ3n) is 2.85. The lowest BCUT2D eigenvalue weighted by molar-refractivity contribution is -0.136. The quantitative estimate of drug-likeness (QED) is 0.561. The molecular weight excluding hydrogens is 232 g/mol. The van der Waals surface area contributed by atoms with E-state index in [0.717, 1.165) is 18.4 Å². The van der Waals surface area contributed by atoms with Crippen LogP contribution in [0.2, 0.25) is 0 Å². The van der Waals surface area contributed by atoms with Gasteiger partial charge in [-0.15, -0.1) is 0 Å². The van der Waals surface area contributed by atoms with Gasteiger partial charge in [0.15, 0.2) is 0 Å². The molecule has 0 aromatic heterocycles. The van der Waals surface area contributed by atoms with E-state index in [9.17, 15) is 9.59 Å². The third-order valence-corrected chi connectivity index (χ3v) is 2.85. The minimum atomic E-state index is -0.302. The Balaban J connectivity index is 2.24.